The van der Waals surface area contributed by atoms with E-state index in [2.05, 4.69) is 15.3 Å². The molecule has 0 saturated heterocycles. The van der Waals surface area contributed by atoms with Crippen LogP contribution in [0.5, 0.6) is 0 Å². The van der Waals surface area contributed by atoms with Gasteiger partial charge < -0.3 is 10.2 Å². The summed E-state index contributed by atoms with van der Waals surface area (Å²) in [6, 6.07) is 6.87. The first kappa shape index (κ1) is 12.8. The lowest BCUT2D eigenvalue weighted by Gasteiger charge is -2.19. The van der Waals surface area contributed by atoms with Crippen LogP contribution in [0.1, 0.15) is 18.2 Å². The summed E-state index contributed by atoms with van der Waals surface area (Å²) >= 11 is 0. The van der Waals surface area contributed by atoms with E-state index in [9.17, 15) is 4.39 Å². The molecule has 1 aliphatic rings. The van der Waals surface area contributed by atoms with Gasteiger partial charge in [-0.05, 0) is 38.0 Å². The van der Waals surface area contributed by atoms with E-state index < -0.39 is 0 Å². The molecule has 1 aliphatic heterocycles. The molecule has 2 aromatic rings. The van der Waals surface area contributed by atoms with Crippen molar-refractivity contribution in [2.75, 3.05) is 23.3 Å². The third-order valence-electron chi connectivity index (χ3n) is 3.40. The average molecular weight is 272 g/mol. The number of benzene rings is 1. The van der Waals surface area contributed by atoms with Crippen molar-refractivity contribution in [1.82, 2.24) is 9.97 Å². The third kappa shape index (κ3) is 2.31. The molecule has 20 heavy (non-hydrogen) atoms. The molecule has 0 atom stereocenters. The van der Waals surface area contributed by atoms with Crippen molar-refractivity contribution < 1.29 is 4.39 Å². The first-order valence-electron chi connectivity index (χ1n) is 6.83. The maximum Gasteiger partial charge on any atom is 0.224 e. The summed E-state index contributed by atoms with van der Waals surface area (Å²) in [6.45, 7) is 5.54. The molecule has 0 spiro atoms. The Morgan fingerprint density at radius 1 is 1.30 bits per heavy atom. The van der Waals surface area contributed by atoms with Crippen LogP contribution in [0, 0.1) is 12.7 Å². The maximum atomic E-state index is 13.5. The number of hydrogen-bond donors (Lipinski definition) is 1. The van der Waals surface area contributed by atoms with E-state index in [1.807, 2.05) is 30.9 Å². The van der Waals surface area contributed by atoms with E-state index in [-0.39, 0.29) is 5.82 Å². The van der Waals surface area contributed by atoms with Crippen LogP contribution in [0.2, 0.25) is 0 Å². The Morgan fingerprint density at radius 2 is 2.15 bits per heavy atom. The number of nitrogens with zero attached hydrogens (tertiary/aromatic N) is 3. The second-order valence-electron chi connectivity index (χ2n) is 4.90. The lowest BCUT2D eigenvalue weighted by Crippen LogP contribution is -2.16. The van der Waals surface area contributed by atoms with Gasteiger partial charge in [0.2, 0.25) is 5.95 Å². The number of aryl methyl sites for hydroxylation is 1. The molecule has 3 rings (SSSR count). The predicted molar refractivity (Wildman–Crippen MR) is 78.0 cm³/mol. The Bertz CT molecular complexity index is 642. The second-order valence-corrected chi connectivity index (χ2v) is 4.90. The van der Waals surface area contributed by atoms with Gasteiger partial charge in [0.1, 0.15) is 11.6 Å². The number of anilines is 3. The van der Waals surface area contributed by atoms with E-state index in [0.717, 1.165) is 42.3 Å². The predicted octanol–water partition coefficient (Wildman–Crippen LogP) is 3.05. The van der Waals surface area contributed by atoms with Crippen molar-refractivity contribution in [3.05, 3.63) is 41.3 Å². The summed E-state index contributed by atoms with van der Waals surface area (Å²) in [4.78, 5) is 10.9. The minimum Gasteiger partial charge on any atom is -0.354 e. The molecule has 0 unspecified atom stereocenters. The number of fused-ring (bicyclic) bond motifs is 1. The lowest BCUT2D eigenvalue weighted by atomic mass is 10.2. The van der Waals surface area contributed by atoms with Gasteiger partial charge >= 0.3 is 0 Å². The molecule has 0 fully saturated rings. The molecule has 4 nitrogen and oxygen atoms in total. The molecule has 0 amide bonds. The summed E-state index contributed by atoms with van der Waals surface area (Å²) in [7, 11) is 0. The number of rotatable bonds is 3. The Kier molecular flexibility index (Phi) is 3.26. The topological polar surface area (TPSA) is 41.1 Å². The number of nitrogens with one attached hydrogen (secondary N) is 1. The van der Waals surface area contributed by atoms with E-state index in [4.69, 9.17) is 0 Å². The standard InChI is InChI=1S/C15H17FN4/c1-3-17-15-18-10(2)8-14(19-15)20-7-6-11-4-5-12(16)9-13(11)20/h4-5,8-9H,3,6-7H2,1-2H3,(H,17,18,19). The second kappa shape index (κ2) is 5.07. The molecule has 0 radical (unpaired) electrons. The molecule has 1 aromatic heterocycles. The van der Waals surface area contributed by atoms with Crippen LogP contribution >= 0.6 is 0 Å². The normalized spacial score (nSPS) is 13.4. The summed E-state index contributed by atoms with van der Waals surface area (Å²) in [5.41, 5.74) is 2.97. The van der Waals surface area contributed by atoms with Crippen LogP contribution in [-0.2, 0) is 6.42 Å². The van der Waals surface area contributed by atoms with Crippen LogP contribution in [0.3, 0.4) is 0 Å². The Hall–Kier alpha value is -2.17. The highest BCUT2D eigenvalue weighted by atomic mass is 19.1. The summed E-state index contributed by atoms with van der Waals surface area (Å²) in [5.74, 6) is 1.22. The minimum absolute atomic E-state index is 0.215. The van der Waals surface area contributed by atoms with Gasteiger partial charge in [-0.15, -0.1) is 0 Å². The van der Waals surface area contributed by atoms with Gasteiger partial charge in [-0.3, -0.25) is 0 Å². The number of aromatic nitrogens is 2. The molecule has 2 heterocycles. The molecule has 104 valence electrons. The lowest BCUT2D eigenvalue weighted by molar-refractivity contribution is 0.628. The zero-order chi connectivity index (χ0) is 14.1. The molecule has 0 bridgehead atoms. The first-order chi connectivity index (χ1) is 9.67. The van der Waals surface area contributed by atoms with Crippen molar-refractivity contribution in [2.45, 2.75) is 20.3 Å². The van der Waals surface area contributed by atoms with E-state index >= 15 is 0 Å². The Balaban J connectivity index is 2.01. The minimum atomic E-state index is -0.215. The molecule has 0 aliphatic carbocycles. The zero-order valence-electron chi connectivity index (χ0n) is 11.7. The fourth-order valence-electron chi connectivity index (χ4n) is 2.52. The highest BCUT2D eigenvalue weighted by Gasteiger charge is 2.22. The van der Waals surface area contributed by atoms with Crippen LogP contribution in [0.4, 0.5) is 21.8 Å². The Morgan fingerprint density at radius 3 is 2.95 bits per heavy atom. The summed E-state index contributed by atoms with van der Waals surface area (Å²) < 4.78 is 13.5. The SMILES string of the molecule is CCNc1nc(C)cc(N2CCc3ccc(F)cc32)n1. The summed E-state index contributed by atoms with van der Waals surface area (Å²) in [6.07, 6.45) is 0.912. The highest BCUT2D eigenvalue weighted by molar-refractivity contribution is 5.68. The van der Waals surface area contributed by atoms with E-state index in [0.29, 0.717) is 5.95 Å². The Labute approximate surface area is 117 Å². The fraction of sp³-hybridized carbons (Fsp3) is 0.333. The molecule has 1 N–H and O–H groups in total. The van der Waals surface area contributed by atoms with Gasteiger partial charge in [0.05, 0.1) is 0 Å². The van der Waals surface area contributed by atoms with Crippen LogP contribution in [0.25, 0.3) is 0 Å². The van der Waals surface area contributed by atoms with Crippen molar-refractivity contribution in [3.8, 4) is 0 Å². The van der Waals surface area contributed by atoms with Gasteiger partial charge in [0, 0.05) is 30.5 Å². The van der Waals surface area contributed by atoms with Crippen molar-refractivity contribution in [2.24, 2.45) is 0 Å². The van der Waals surface area contributed by atoms with Crippen LogP contribution in [0.15, 0.2) is 24.3 Å². The fourth-order valence-corrected chi connectivity index (χ4v) is 2.52. The quantitative estimate of drug-likeness (QED) is 0.932. The van der Waals surface area contributed by atoms with E-state index in [1.165, 1.54) is 6.07 Å². The number of hydrogen-bond acceptors (Lipinski definition) is 4. The van der Waals surface area contributed by atoms with Gasteiger partial charge in [0.25, 0.3) is 0 Å². The van der Waals surface area contributed by atoms with Gasteiger partial charge in [-0.25, -0.2) is 9.37 Å². The maximum absolute atomic E-state index is 13.5. The van der Waals surface area contributed by atoms with Crippen LogP contribution < -0.4 is 10.2 Å². The van der Waals surface area contributed by atoms with Gasteiger partial charge in [-0.2, -0.15) is 4.98 Å². The van der Waals surface area contributed by atoms with Gasteiger partial charge in [-0.1, -0.05) is 6.07 Å². The molecular weight excluding hydrogens is 255 g/mol. The van der Waals surface area contributed by atoms with Crippen molar-refractivity contribution >= 4 is 17.5 Å². The monoisotopic (exact) mass is 272 g/mol. The largest absolute Gasteiger partial charge is 0.354 e. The molecule has 0 saturated carbocycles. The number of halogens is 1. The van der Waals surface area contributed by atoms with Crippen molar-refractivity contribution in [1.29, 1.82) is 0 Å². The van der Waals surface area contributed by atoms with Crippen LogP contribution in [-0.4, -0.2) is 23.1 Å². The smallest absolute Gasteiger partial charge is 0.224 e. The zero-order valence-corrected chi connectivity index (χ0v) is 11.7. The molecular formula is C15H17FN4. The summed E-state index contributed by atoms with van der Waals surface area (Å²) in [5, 5.41) is 3.12. The van der Waals surface area contributed by atoms with Crippen molar-refractivity contribution in [3.63, 3.8) is 0 Å². The molecule has 1 aromatic carbocycles. The van der Waals surface area contributed by atoms with E-state index in [1.54, 1.807) is 6.07 Å². The average Bonchev–Trinajstić information content (AvgIpc) is 2.81. The van der Waals surface area contributed by atoms with Gasteiger partial charge in [0.15, 0.2) is 0 Å². The third-order valence-corrected chi connectivity index (χ3v) is 3.40. The highest BCUT2D eigenvalue weighted by Crippen LogP contribution is 2.34. The molecule has 5 heteroatoms. The first-order valence-corrected chi connectivity index (χ1v) is 6.83.